The summed E-state index contributed by atoms with van der Waals surface area (Å²) < 4.78 is 0. The van der Waals surface area contributed by atoms with Gasteiger partial charge in [0.25, 0.3) is 11.8 Å². The molecule has 3 amide bonds. The van der Waals surface area contributed by atoms with Crippen molar-refractivity contribution in [2.45, 2.75) is 32.0 Å². The predicted octanol–water partition coefficient (Wildman–Crippen LogP) is 3.12. The number of benzene rings is 2. The van der Waals surface area contributed by atoms with Crippen molar-refractivity contribution in [1.82, 2.24) is 20.9 Å². The lowest BCUT2D eigenvalue weighted by Gasteiger charge is -2.21. The van der Waals surface area contributed by atoms with Gasteiger partial charge in [-0.25, -0.2) is 0 Å². The summed E-state index contributed by atoms with van der Waals surface area (Å²) in [5.74, 6) is -2.84. The molecule has 8 nitrogen and oxygen atoms in total. The zero-order valence-electron chi connectivity index (χ0n) is 19.3. The van der Waals surface area contributed by atoms with Crippen LogP contribution in [0, 0.1) is 0 Å². The van der Waals surface area contributed by atoms with E-state index >= 15 is 0 Å². The van der Waals surface area contributed by atoms with Crippen molar-refractivity contribution in [2.75, 3.05) is 0 Å². The van der Waals surface area contributed by atoms with Crippen LogP contribution in [0.1, 0.15) is 28.5 Å². The van der Waals surface area contributed by atoms with Crippen LogP contribution in [0.3, 0.4) is 0 Å². The third-order valence-electron chi connectivity index (χ3n) is 5.22. The molecule has 1 aromatic heterocycles. The maximum atomic E-state index is 13.0. The van der Waals surface area contributed by atoms with Crippen molar-refractivity contribution in [3.8, 4) is 0 Å². The molecule has 10 heteroatoms. The van der Waals surface area contributed by atoms with E-state index in [1.165, 1.54) is 25.1 Å². The largest absolute Gasteiger partial charge is 0.344 e. The maximum absolute atomic E-state index is 13.0. The normalized spacial score (nSPS) is 12.2. The van der Waals surface area contributed by atoms with Gasteiger partial charge in [-0.05, 0) is 42.8 Å². The van der Waals surface area contributed by atoms with E-state index in [-0.39, 0.29) is 23.6 Å². The molecule has 186 valence electrons. The van der Waals surface area contributed by atoms with E-state index < -0.39 is 35.6 Å². The molecule has 3 aromatic rings. The molecule has 2 atom stereocenters. The molecule has 3 N–H and O–H groups in total. The van der Waals surface area contributed by atoms with E-state index in [0.29, 0.717) is 10.7 Å². The molecule has 2 aromatic carbocycles. The number of pyridine rings is 1. The van der Waals surface area contributed by atoms with Crippen LogP contribution in [0.2, 0.25) is 10.0 Å². The van der Waals surface area contributed by atoms with Crippen LogP contribution in [-0.4, -0.2) is 40.6 Å². The van der Waals surface area contributed by atoms with Crippen LogP contribution in [-0.2, 0) is 27.3 Å². The summed E-state index contributed by atoms with van der Waals surface area (Å²) in [6.07, 6.45) is 1.67. The Balaban J connectivity index is 1.67. The highest BCUT2D eigenvalue weighted by Crippen LogP contribution is 2.22. The summed E-state index contributed by atoms with van der Waals surface area (Å²) in [6, 6.07) is 16.4. The number of nitrogens with one attached hydrogen (secondary N) is 3. The van der Waals surface area contributed by atoms with Gasteiger partial charge in [0, 0.05) is 18.2 Å². The van der Waals surface area contributed by atoms with Crippen molar-refractivity contribution in [1.29, 1.82) is 0 Å². The Morgan fingerprint density at radius 2 is 1.61 bits per heavy atom. The van der Waals surface area contributed by atoms with Gasteiger partial charge in [-0.3, -0.25) is 24.2 Å². The van der Waals surface area contributed by atoms with Gasteiger partial charge in [-0.15, -0.1) is 0 Å². The van der Waals surface area contributed by atoms with Gasteiger partial charge in [0.05, 0.1) is 22.3 Å². The van der Waals surface area contributed by atoms with Crippen molar-refractivity contribution < 1.29 is 19.2 Å². The van der Waals surface area contributed by atoms with E-state index in [9.17, 15) is 19.2 Å². The molecule has 0 aliphatic heterocycles. The Morgan fingerprint density at radius 1 is 0.889 bits per heavy atom. The molecule has 3 rings (SSSR count). The number of halogens is 2. The Hall–Kier alpha value is -3.75. The number of carbonyl (C=O) groups is 4. The van der Waals surface area contributed by atoms with E-state index in [4.69, 9.17) is 23.2 Å². The smallest absolute Gasteiger partial charge is 0.289 e. The molecular weight excluding hydrogens is 503 g/mol. The fourth-order valence-corrected chi connectivity index (χ4v) is 3.56. The third kappa shape index (κ3) is 7.63. The van der Waals surface area contributed by atoms with Gasteiger partial charge >= 0.3 is 0 Å². The third-order valence-corrected chi connectivity index (χ3v) is 5.96. The number of rotatable bonds is 10. The molecule has 0 aliphatic carbocycles. The fourth-order valence-electron chi connectivity index (χ4n) is 3.26. The average molecular weight is 527 g/mol. The highest BCUT2D eigenvalue weighted by molar-refractivity contribution is 6.42. The van der Waals surface area contributed by atoms with Crippen molar-refractivity contribution in [2.24, 2.45) is 0 Å². The second kappa shape index (κ2) is 12.8. The number of Topliss-reactive ketones (excluding diaryl/α,β-unsaturated/α-hetero) is 1. The summed E-state index contributed by atoms with van der Waals surface area (Å²) in [6.45, 7) is 1.53. The highest BCUT2D eigenvalue weighted by Gasteiger charge is 2.29. The van der Waals surface area contributed by atoms with E-state index in [0.717, 1.165) is 5.56 Å². The van der Waals surface area contributed by atoms with Gasteiger partial charge in [0.15, 0.2) is 0 Å². The second-order valence-corrected chi connectivity index (χ2v) is 8.76. The molecular formula is C26H24Cl2N4O4. The first-order chi connectivity index (χ1) is 17.2. The minimum atomic E-state index is -1.15. The lowest BCUT2D eigenvalue weighted by atomic mass is 10.0. The predicted molar refractivity (Wildman–Crippen MR) is 137 cm³/mol. The minimum Gasteiger partial charge on any atom is -0.344 e. The number of aromatic nitrogens is 1. The summed E-state index contributed by atoms with van der Waals surface area (Å²) in [5.41, 5.74) is 1.55. The molecule has 0 spiro atoms. The van der Waals surface area contributed by atoms with Gasteiger partial charge < -0.3 is 16.0 Å². The SMILES string of the molecule is C[C@@H](NC(=O)c1ccc(Cl)c(Cl)c1)C(=O)N[C@H](Cc1ccccc1)C(=O)C(=O)NCc1ccccn1. The van der Waals surface area contributed by atoms with Crippen LogP contribution in [0.5, 0.6) is 0 Å². The monoisotopic (exact) mass is 526 g/mol. The van der Waals surface area contributed by atoms with Crippen molar-refractivity contribution in [3.05, 3.63) is 99.8 Å². The zero-order valence-corrected chi connectivity index (χ0v) is 20.8. The molecule has 0 unspecified atom stereocenters. The first-order valence-electron chi connectivity index (χ1n) is 11.1. The number of ketones is 1. The molecule has 1 heterocycles. The number of amides is 3. The first-order valence-corrected chi connectivity index (χ1v) is 11.8. The molecule has 0 saturated carbocycles. The molecule has 0 saturated heterocycles. The number of carbonyl (C=O) groups excluding carboxylic acids is 4. The van der Waals surface area contributed by atoms with E-state index in [1.54, 1.807) is 48.7 Å². The average Bonchev–Trinajstić information content (AvgIpc) is 2.89. The van der Waals surface area contributed by atoms with Crippen LogP contribution in [0.4, 0.5) is 0 Å². The maximum Gasteiger partial charge on any atom is 0.289 e. The van der Waals surface area contributed by atoms with Crippen molar-refractivity contribution >= 4 is 46.7 Å². The minimum absolute atomic E-state index is 0.0630. The van der Waals surface area contributed by atoms with E-state index in [2.05, 4.69) is 20.9 Å². The van der Waals surface area contributed by atoms with Crippen molar-refractivity contribution in [3.63, 3.8) is 0 Å². The standard InChI is InChI=1S/C26H24Cl2N4O4/c1-16(31-25(35)18-10-11-20(27)21(28)14-18)24(34)32-22(13-17-7-3-2-4-8-17)23(33)26(36)30-15-19-9-5-6-12-29-19/h2-12,14,16,22H,13,15H2,1H3,(H,30,36)(H,31,35)(H,32,34)/t16-,22-/m1/s1. The Morgan fingerprint density at radius 3 is 2.28 bits per heavy atom. The van der Waals surface area contributed by atoms with Crippen LogP contribution in [0.25, 0.3) is 0 Å². The zero-order chi connectivity index (χ0) is 26.1. The quantitative estimate of drug-likeness (QED) is 0.351. The summed E-state index contributed by atoms with van der Waals surface area (Å²) in [5, 5.41) is 8.18. The Bertz CT molecular complexity index is 1240. The Kier molecular flexibility index (Phi) is 9.55. The van der Waals surface area contributed by atoms with Crippen LogP contribution < -0.4 is 16.0 Å². The first kappa shape index (κ1) is 26.8. The van der Waals surface area contributed by atoms with Gasteiger partial charge in [0.2, 0.25) is 11.7 Å². The number of hydrogen-bond donors (Lipinski definition) is 3. The molecule has 0 bridgehead atoms. The topological polar surface area (TPSA) is 117 Å². The van der Waals surface area contributed by atoms with Crippen LogP contribution >= 0.6 is 23.2 Å². The molecule has 0 fully saturated rings. The fraction of sp³-hybridized carbons (Fsp3) is 0.192. The molecule has 0 aliphatic rings. The number of nitrogens with zero attached hydrogens (tertiary/aromatic N) is 1. The van der Waals surface area contributed by atoms with Gasteiger partial charge in [-0.1, -0.05) is 59.6 Å². The summed E-state index contributed by atoms with van der Waals surface area (Å²) in [7, 11) is 0. The van der Waals surface area contributed by atoms with Crippen LogP contribution in [0.15, 0.2) is 72.9 Å². The summed E-state index contributed by atoms with van der Waals surface area (Å²) in [4.78, 5) is 55.1. The Labute approximate surface area is 218 Å². The highest BCUT2D eigenvalue weighted by atomic mass is 35.5. The second-order valence-electron chi connectivity index (χ2n) is 7.94. The number of hydrogen-bond acceptors (Lipinski definition) is 5. The lowest BCUT2D eigenvalue weighted by molar-refractivity contribution is -0.140. The van der Waals surface area contributed by atoms with E-state index in [1.807, 2.05) is 6.07 Å². The van der Waals surface area contributed by atoms with Gasteiger partial charge in [-0.2, -0.15) is 0 Å². The summed E-state index contributed by atoms with van der Waals surface area (Å²) >= 11 is 11.8. The van der Waals surface area contributed by atoms with Gasteiger partial charge in [0.1, 0.15) is 12.1 Å². The molecule has 36 heavy (non-hydrogen) atoms. The lowest BCUT2D eigenvalue weighted by Crippen LogP contribution is -2.53. The molecule has 0 radical (unpaired) electrons.